The number of benzene rings is 2. The third-order valence-corrected chi connectivity index (χ3v) is 6.22. The number of nitrogens with two attached hydrogens (primary N) is 2. The molecule has 178 valence electrons. The van der Waals surface area contributed by atoms with Crippen molar-refractivity contribution in [2.75, 3.05) is 18.1 Å². The van der Waals surface area contributed by atoms with E-state index in [1.807, 2.05) is 6.07 Å². The average molecular weight is 472 g/mol. The minimum absolute atomic E-state index is 0.0894. The van der Waals surface area contributed by atoms with E-state index in [1.54, 1.807) is 42.7 Å². The number of hydrogen-bond acceptors (Lipinski definition) is 8. The van der Waals surface area contributed by atoms with Gasteiger partial charge in [-0.05, 0) is 54.4 Å². The van der Waals surface area contributed by atoms with Gasteiger partial charge in [-0.1, -0.05) is 36.3 Å². The number of para-hydroxylation sites is 1. The second-order valence-electron chi connectivity index (χ2n) is 8.34. The Morgan fingerprint density at radius 1 is 1.11 bits per heavy atom. The molecule has 1 aliphatic heterocycles. The molecule has 1 aliphatic rings. The molecule has 4 aromatic rings. The van der Waals surface area contributed by atoms with Gasteiger partial charge in [0.05, 0.1) is 11.4 Å². The first-order valence-electron chi connectivity index (χ1n) is 11.4. The van der Waals surface area contributed by atoms with Crippen molar-refractivity contribution in [2.24, 2.45) is 11.6 Å². The van der Waals surface area contributed by atoms with Gasteiger partial charge in [-0.2, -0.15) is 4.98 Å². The van der Waals surface area contributed by atoms with Crippen LogP contribution in [0.25, 0.3) is 22.8 Å². The highest BCUT2D eigenvalue weighted by Crippen LogP contribution is 2.31. The topological polar surface area (TPSA) is 110 Å². The van der Waals surface area contributed by atoms with E-state index in [0.29, 0.717) is 17.1 Å². The molecule has 0 amide bonds. The second-order valence-corrected chi connectivity index (χ2v) is 8.34. The lowest BCUT2D eigenvalue weighted by molar-refractivity contribution is 0.268. The van der Waals surface area contributed by atoms with E-state index in [0.717, 1.165) is 31.6 Å². The summed E-state index contributed by atoms with van der Waals surface area (Å²) in [5.41, 5.74) is 11.2. The van der Waals surface area contributed by atoms with E-state index in [-0.39, 0.29) is 17.3 Å². The van der Waals surface area contributed by atoms with Crippen LogP contribution in [0.15, 0.2) is 71.5 Å². The number of fused-ring (bicyclic) bond motifs is 1. The number of hydrazine groups is 1. The third kappa shape index (κ3) is 4.51. The maximum atomic E-state index is 14.5. The fraction of sp³-hybridized carbons (Fsp3) is 0.192. The van der Waals surface area contributed by atoms with E-state index in [4.69, 9.17) is 16.1 Å². The van der Waals surface area contributed by atoms with Crippen molar-refractivity contribution in [3.63, 3.8) is 0 Å². The molecule has 0 aliphatic carbocycles. The fourth-order valence-corrected chi connectivity index (χ4v) is 4.28. The highest BCUT2D eigenvalue weighted by Gasteiger charge is 2.23. The molecular weight excluding hydrogens is 445 g/mol. The normalized spacial score (nSPS) is 14.4. The number of halogens is 1. The van der Waals surface area contributed by atoms with Crippen molar-refractivity contribution < 1.29 is 8.91 Å². The van der Waals surface area contributed by atoms with E-state index in [2.05, 4.69) is 39.1 Å². The van der Waals surface area contributed by atoms with Crippen LogP contribution < -0.4 is 16.6 Å². The number of likely N-dealkylation sites (N-methyl/N-ethyl adjacent to an activating group) is 1. The highest BCUT2D eigenvalue weighted by atomic mass is 19.1. The summed E-state index contributed by atoms with van der Waals surface area (Å²) in [4.78, 5) is 11.0. The van der Waals surface area contributed by atoms with Gasteiger partial charge in [0.25, 0.3) is 5.89 Å². The molecule has 2 aromatic carbocycles. The van der Waals surface area contributed by atoms with Crippen LogP contribution in [-0.4, -0.2) is 33.1 Å². The molecule has 35 heavy (non-hydrogen) atoms. The van der Waals surface area contributed by atoms with Crippen molar-refractivity contribution in [3.05, 3.63) is 95.4 Å². The molecule has 0 unspecified atom stereocenters. The SMILES string of the molecule is CCN1CCc2ccc(-c3noc(/C(N)=C(\c4ccncc4)N(N)c4ccccc4F)n3)cc2C1. The number of aromatic nitrogens is 3. The number of rotatable bonds is 6. The van der Waals surface area contributed by atoms with Crippen molar-refractivity contribution in [1.29, 1.82) is 0 Å². The molecule has 0 atom stereocenters. The summed E-state index contributed by atoms with van der Waals surface area (Å²) < 4.78 is 20.1. The predicted octanol–water partition coefficient (Wildman–Crippen LogP) is 3.81. The van der Waals surface area contributed by atoms with E-state index < -0.39 is 5.82 Å². The van der Waals surface area contributed by atoms with Gasteiger partial charge < -0.3 is 10.3 Å². The third-order valence-electron chi connectivity index (χ3n) is 6.22. The largest absolute Gasteiger partial charge is 0.392 e. The van der Waals surface area contributed by atoms with E-state index in [1.165, 1.54) is 22.2 Å². The molecule has 4 N–H and O–H groups in total. The Labute approximate surface area is 202 Å². The summed E-state index contributed by atoms with van der Waals surface area (Å²) in [7, 11) is 0. The van der Waals surface area contributed by atoms with Crippen LogP contribution in [0.1, 0.15) is 29.5 Å². The zero-order valence-corrected chi connectivity index (χ0v) is 19.4. The van der Waals surface area contributed by atoms with Crippen LogP contribution in [0.4, 0.5) is 10.1 Å². The van der Waals surface area contributed by atoms with E-state index in [9.17, 15) is 4.39 Å². The summed E-state index contributed by atoms with van der Waals surface area (Å²) in [6.07, 6.45) is 4.22. The zero-order chi connectivity index (χ0) is 24.4. The van der Waals surface area contributed by atoms with Crippen molar-refractivity contribution in [3.8, 4) is 11.4 Å². The summed E-state index contributed by atoms with van der Waals surface area (Å²) >= 11 is 0. The van der Waals surface area contributed by atoms with Gasteiger partial charge >= 0.3 is 0 Å². The minimum atomic E-state index is -0.490. The monoisotopic (exact) mass is 471 g/mol. The Hall–Kier alpha value is -4.08. The maximum Gasteiger partial charge on any atom is 0.276 e. The molecular formula is C26H26FN7O. The predicted molar refractivity (Wildman–Crippen MR) is 133 cm³/mol. The molecule has 0 spiro atoms. The molecule has 5 rings (SSSR count). The first kappa shape index (κ1) is 22.7. The highest BCUT2D eigenvalue weighted by molar-refractivity contribution is 5.93. The molecule has 3 heterocycles. The minimum Gasteiger partial charge on any atom is -0.392 e. The zero-order valence-electron chi connectivity index (χ0n) is 19.4. The Morgan fingerprint density at radius 2 is 1.91 bits per heavy atom. The Bertz CT molecular complexity index is 1370. The lowest BCUT2D eigenvalue weighted by Crippen LogP contribution is -2.32. The number of hydrogen-bond donors (Lipinski definition) is 2. The second kappa shape index (κ2) is 9.65. The first-order chi connectivity index (χ1) is 17.0. The smallest absolute Gasteiger partial charge is 0.276 e. The number of pyridine rings is 1. The molecule has 0 saturated heterocycles. The molecule has 0 bridgehead atoms. The van der Waals surface area contributed by atoms with Gasteiger partial charge in [0.15, 0.2) is 0 Å². The molecule has 0 saturated carbocycles. The standard InChI is InChI=1S/C26H26FN7O/c1-2-33-14-11-17-7-8-19(15-20(17)16-33)25-31-26(35-32-25)23(28)24(18-9-12-30-13-10-18)34(29)22-6-4-3-5-21(22)27/h3-10,12-13,15H,2,11,14,16,28-29H2,1H3/b24-23-. The van der Waals surface area contributed by atoms with Gasteiger partial charge in [0.2, 0.25) is 5.82 Å². The Kier molecular flexibility index (Phi) is 6.26. The van der Waals surface area contributed by atoms with Crippen LogP contribution in [0, 0.1) is 5.82 Å². The van der Waals surface area contributed by atoms with Crippen LogP contribution >= 0.6 is 0 Å². The van der Waals surface area contributed by atoms with Gasteiger partial charge in [-0.25, -0.2) is 10.2 Å². The maximum absolute atomic E-state index is 14.5. The summed E-state index contributed by atoms with van der Waals surface area (Å²) in [5.74, 6) is 6.39. The molecule has 0 radical (unpaired) electrons. The van der Waals surface area contributed by atoms with E-state index >= 15 is 0 Å². The van der Waals surface area contributed by atoms with Crippen molar-refractivity contribution in [1.82, 2.24) is 20.0 Å². The molecule has 9 heteroatoms. The van der Waals surface area contributed by atoms with Gasteiger partial charge in [0.1, 0.15) is 11.5 Å². The van der Waals surface area contributed by atoms with Crippen molar-refractivity contribution >= 4 is 17.1 Å². The lowest BCUT2D eigenvalue weighted by atomic mass is 9.97. The average Bonchev–Trinajstić information content (AvgIpc) is 3.39. The quantitative estimate of drug-likeness (QED) is 0.323. The van der Waals surface area contributed by atoms with Gasteiger partial charge in [0, 0.05) is 36.6 Å². The molecule has 0 fully saturated rings. The first-order valence-corrected chi connectivity index (χ1v) is 11.4. The van der Waals surface area contributed by atoms with Gasteiger partial charge in [-0.15, -0.1) is 0 Å². The van der Waals surface area contributed by atoms with Gasteiger partial charge in [-0.3, -0.25) is 14.9 Å². The number of nitrogens with zero attached hydrogens (tertiary/aromatic N) is 5. The molecule has 8 nitrogen and oxygen atoms in total. The fourth-order valence-electron chi connectivity index (χ4n) is 4.28. The van der Waals surface area contributed by atoms with Crippen LogP contribution in [0.3, 0.4) is 0 Å². The summed E-state index contributed by atoms with van der Waals surface area (Å²) in [6.45, 7) is 5.12. The Balaban J connectivity index is 1.54. The van der Waals surface area contributed by atoms with Crippen LogP contribution in [0.5, 0.6) is 0 Å². The molecule has 2 aromatic heterocycles. The van der Waals surface area contributed by atoms with Crippen LogP contribution in [0.2, 0.25) is 0 Å². The summed E-state index contributed by atoms with van der Waals surface area (Å²) in [5, 5.41) is 5.34. The number of anilines is 1. The Morgan fingerprint density at radius 3 is 2.69 bits per heavy atom. The summed E-state index contributed by atoms with van der Waals surface area (Å²) in [6, 6.07) is 15.8. The lowest BCUT2D eigenvalue weighted by Gasteiger charge is -2.27. The van der Waals surface area contributed by atoms with Crippen LogP contribution in [-0.2, 0) is 13.0 Å². The van der Waals surface area contributed by atoms with Crippen molar-refractivity contribution in [2.45, 2.75) is 19.9 Å².